The predicted octanol–water partition coefficient (Wildman–Crippen LogP) is 4.74. The molecule has 0 radical (unpaired) electrons. The van der Waals surface area contributed by atoms with E-state index in [4.69, 9.17) is 11.6 Å². The summed E-state index contributed by atoms with van der Waals surface area (Å²) >= 11 is 6.07. The molecule has 12 heteroatoms. The van der Waals surface area contributed by atoms with Crippen molar-refractivity contribution in [1.82, 2.24) is 19.9 Å². The topological polar surface area (TPSA) is 97.3 Å². The second-order valence-corrected chi connectivity index (χ2v) is 8.25. The first-order valence-electron chi connectivity index (χ1n) is 10.4. The van der Waals surface area contributed by atoms with E-state index in [9.17, 15) is 22.8 Å². The largest absolute Gasteiger partial charge is 0.467 e. The molecule has 1 unspecified atom stereocenters. The van der Waals surface area contributed by atoms with Gasteiger partial charge in [0.15, 0.2) is 6.61 Å². The number of fused-ring (bicyclic) bond motifs is 1. The summed E-state index contributed by atoms with van der Waals surface area (Å²) in [5.74, 6) is -0.793. The third kappa shape index (κ3) is 5.19. The van der Waals surface area contributed by atoms with Crippen LogP contribution in [0.25, 0.3) is 0 Å². The van der Waals surface area contributed by atoms with Gasteiger partial charge in [-0.25, -0.2) is 9.97 Å². The number of halogens is 4. The lowest BCUT2D eigenvalue weighted by atomic mass is 10.1. The smallest absolute Gasteiger partial charge is 0.422 e. The molecule has 35 heavy (non-hydrogen) atoms. The molecule has 1 aliphatic heterocycles. The van der Waals surface area contributed by atoms with E-state index in [2.05, 4.69) is 25.0 Å². The lowest BCUT2D eigenvalue weighted by Gasteiger charge is -2.25. The van der Waals surface area contributed by atoms with E-state index in [0.29, 0.717) is 27.9 Å². The highest BCUT2D eigenvalue weighted by atomic mass is 35.5. The van der Waals surface area contributed by atoms with Crippen molar-refractivity contribution in [2.24, 2.45) is 0 Å². The summed E-state index contributed by atoms with van der Waals surface area (Å²) in [6, 6.07) is 5.73. The highest BCUT2D eigenvalue weighted by Gasteiger charge is 2.35. The summed E-state index contributed by atoms with van der Waals surface area (Å²) in [5, 5.41) is 2.64. The van der Waals surface area contributed by atoms with Crippen molar-refractivity contribution < 1.29 is 27.5 Å². The molecule has 0 spiro atoms. The average molecular weight is 506 g/mol. The highest BCUT2D eigenvalue weighted by Crippen LogP contribution is 2.35. The molecule has 4 heterocycles. The van der Waals surface area contributed by atoms with E-state index in [-0.39, 0.29) is 29.2 Å². The van der Waals surface area contributed by atoms with Gasteiger partial charge in [0.05, 0.1) is 18.2 Å². The summed E-state index contributed by atoms with van der Waals surface area (Å²) in [4.78, 5) is 39.6. The number of amides is 2. The fourth-order valence-corrected chi connectivity index (χ4v) is 3.90. The molecule has 1 N–H and O–H groups in total. The molecule has 1 atom stereocenters. The van der Waals surface area contributed by atoms with Gasteiger partial charge in [-0.3, -0.25) is 14.6 Å². The molecule has 4 rings (SSSR count). The summed E-state index contributed by atoms with van der Waals surface area (Å²) in [6.07, 6.45) is -0.202. The Morgan fingerprint density at radius 2 is 2.03 bits per heavy atom. The lowest BCUT2D eigenvalue weighted by molar-refractivity contribution is -0.154. The van der Waals surface area contributed by atoms with Gasteiger partial charge in [0, 0.05) is 35.4 Å². The second-order valence-electron chi connectivity index (χ2n) is 7.84. The number of rotatable bonds is 6. The molecule has 0 saturated carbocycles. The van der Waals surface area contributed by atoms with Crippen LogP contribution in [-0.4, -0.2) is 44.4 Å². The lowest BCUT2D eigenvalue weighted by Crippen LogP contribution is -2.27. The van der Waals surface area contributed by atoms with Gasteiger partial charge in [-0.2, -0.15) is 13.2 Å². The van der Waals surface area contributed by atoms with Crippen molar-refractivity contribution in [2.75, 3.05) is 11.9 Å². The Hall–Kier alpha value is -3.73. The number of pyridine rings is 3. The molecule has 0 fully saturated rings. The first-order chi connectivity index (χ1) is 16.5. The van der Waals surface area contributed by atoms with Crippen LogP contribution in [0.3, 0.4) is 0 Å². The molecule has 1 aliphatic rings. The monoisotopic (exact) mass is 505 g/mol. The quantitative estimate of drug-likeness (QED) is 0.519. The molecule has 8 nitrogen and oxygen atoms in total. The van der Waals surface area contributed by atoms with Crippen LogP contribution in [0.5, 0.6) is 5.88 Å². The molecule has 3 aromatic heterocycles. The average Bonchev–Trinajstić information content (AvgIpc) is 3.15. The number of carbonyl (C=O) groups excluding carboxylic acids is 2. The van der Waals surface area contributed by atoms with Crippen LogP contribution in [-0.2, 0) is 6.54 Å². The SMILES string of the molecule is Cc1ncccc1C(=O)Nc1nccc2c1CN(C(C)c1cnc(OCC(F)(F)F)c(Cl)c1)C2=O. The number of aromatic nitrogens is 3. The fraction of sp³-hybridized carbons (Fsp3) is 0.261. The maximum atomic E-state index is 13.1. The van der Waals surface area contributed by atoms with E-state index in [0.717, 1.165) is 0 Å². The van der Waals surface area contributed by atoms with Gasteiger partial charge < -0.3 is 15.0 Å². The van der Waals surface area contributed by atoms with Gasteiger partial charge in [-0.15, -0.1) is 0 Å². The molecular formula is C23H19ClF3N5O3. The number of alkyl halides is 3. The third-order valence-electron chi connectivity index (χ3n) is 5.51. The minimum atomic E-state index is -4.53. The Morgan fingerprint density at radius 3 is 2.71 bits per heavy atom. The minimum Gasteiger partial charge on any atom is -0.467 e. The number of hydrogen-bond acceptors (Lipinski definition) is 6. The Labute approximate surface area is 203 Å². The van der Waals surface area contributed by atoms with Crippen LogP contribution < -0.4 is 10.1 Å². The maximum Gasteiger partial charge on any atom is 0.422 e. The van der Waals surface area contributed by atoms with Crippen molar-refractivity contribution in [3.63, 3.8) is 0 Å². The van der Waals surface area contributed by atoms with Crippen molar-refractivity contribution in [3.05, 3.63) is 75.8 Å². The van der Waals surface area contributed by atoms with Gasteiger partial charge in [0.2, 0.25) is 5.88 Å². The number of carbonyl (C=O) groups is 2. The Bertz CT molecular complexity index is 1300. The number of nitrogens with zero attached hydrogens (tertiary/aromatic N) is 4. The zero-order chi connectivity index (χ0) is 25.3. The van der Waals surface area contributed by atoms with E-state index < -0.39 is 24.7 Å². The van der Waals surface area contributed by atoms with Crippen molar-refractivity contribution in [1.29, 1.82) is 0 Å². The minimum absolute atomic E-state index is 0.107. The Balaban J connectivity index is 1.53. The molecule has 0 aliphatic carbocycles. The zero-order valence-corrected chi connectivity index (χ0v) is 19.3. The van der Waals surface area contributed by atoms with Crippen LogP contribution in [0.1, 0.15) is 50.5 Å². The van der Waals surface area contributed by atoms with Crippen LogP contribution in [0.4, 0.5) is 19.0 Å². The summed E-state index contributed by atoms with van der Waals surface area (Å²) in [6.45, 7) is 2.07. The van der Waals surface area contributed by atoms with E-state index in [1.807, 2.05) is 0 Å². The van der Waals surface area contributed by atoms with Gasteiger partial charge in [0.1, 0.15) is 10.8 Å². The first kappa shape index (κ1) is 24.4. The molecule has 182 valence electrons. The van der Waals surface area contributed by atoms with E-state index >= 15 is 0 Å². The Morgan fingerprint density at radius 1 is 1.26 bits per heavy atom. The molecule has 0 aromatic carbocycles. The third-order valence-corrected chi connectivity index (χ3v) is 5.78. The van der Waals surface area contributed by atoms with Gasteiger partial charge in [-0.05, 0) is 43.7 Å². The summed E-state index contributed by atoms with van der Waals surface area (Å²) in [7, 11) is 0. The number of ether oxygens (including phenoxy) is 1. The fourth-order valence-electron chi connectivity index (χ4n) is 3.67. The van der Waals surface area contributed by atoms with Gasteiger partial charge in [-0.1, -0.05) is 11.6 Å². The normalized spacial score (nSPS) is 14.0. The van der Waals surface area contributed by atoms with Crippen molar-refractivity contribution in [2.45, 2.75) is 32.6 Å². The van der Waals surface area contributed by atoms with Crippen LogP contribution in [0, 0.1) is 6.92 Å². The number of anilines is 1. The predicted molar refractivity (Wildman–Crippen MR) is 120 cm³/mol. The molecule has 0 saturated heterocycles. The first-order valence-corrected chi connectivity index (χ1v) is 10.8. The number of aryl methyl sites for hydroxylation is 1. The molecular weight excluding hydrogens is 487 g/mol. The second kappa shape index (κ2) is 9.49. The summed E-state index contributed by atoms with van der Waals surface area (Å²) in [5.41, 5.74) is 2.36. The Kier molecular flexibility index (Phi) is 6.62. The van der Waals surface area contributed by atoms with E-state index in [1.165, 1.54) is 23.4 Å². The van der Waals surface area contributed by atoms with Crippen LogP contribution in [0.2, 0.25) is 5.02 Å². The zero-order valence-electron chi connectivity index (χ0n) is 18.6. The molecule has 2 amide bonds. The van der Waals surface area contributed by atoms with Crippen molar-refractivity contribution >= 4 is 29.2 Å². The highest BCUT2D eigenvalue weighted by molar-refractivity contribution is 6.31. The van der Waals surface area contributed by atoms with Crippen LogP contribution >= 0.6 is 11.6 Å². The number of hydrogen-bond donors (Lipinski definition) is 1. The maximum absolute atomic E-state index is 13.1. The van der Waals surface area contributed by atoms with Gasteiger partial charge in [0.25, 0.3) is 11.8 Å². The molecule has 0 bridgehead atoms. The van der Waals surface area contributed by atoms with Crippen LogP contribution in [0.15, 0.2) is 42.9 Å². The standard InChI is InChI=1S/C23H19ClF3N5O3/c1-12-15(4-3-6-28-12)20(33)31-19-17-10-32(22(34)16(17)5-7-29-19)13(2)14-8-18(24)21(30-9-14)35-11-23(25,26)27/h3-9,13H,10-11H2,1-2H3,(H,29,31,33). The summed E-state index contributed by atoms with van der Waals surface area (Å²) < 4.78 is 41.9. The van der Waals surface area contributed by atoms with Crippen molar-refractivity contribution in [3.8, 4) is 5.88 Å². The molecule has 3 aromatic rings. The number of nitrogens with one attached hydrogen (secondary N) is 1. The van der Waals surface area contributed by atoms with Gasteiger partial charge >= 0.3 is 6.18 Å². The van der Waals surface area contributed by atoms with E-state index in [1.54, 1.807) is 38.2 Å².